The molecule has 0 amide bonds. The molecule has 0 N–H and O–H groups in total. The van der Waals surface area contributed by atoms with Gasteiger partial charge >= 0.3 is 0 Å². The second kappa shape index (κ2) is 2.40. The highest BCUT2D eigenvalue weighted by Gasteiger charge is 2.50. The fourth-order valence-electron chi connectivity index (χ4n) is 1.11. The smallest absolute Gasteiger partial charge is 0.165 e. The predicted octanol–water partition coefficient (Wildman–Crippen LogP) is 1.99. The van der Waals surface area contributed by atoms with Crippen molar-refractivity contribution in [1.82, 2.24) is 0 Å². The molecule has 0 aliphatic heterocycles. The van der Waals surface area contributed by atoms with Crippen LogP contribution < -0.4 is 0 Å². The van der Waals surface area contributed by atoms with Crippen molar-refractivity contribution in [2.45, 2.75) is 31.6 Å². The average molecular weight is 156 g/mol. The van der Waals surface area contributed by atoms with E-state index in [1.165, 1.54) is 6.92 Å². The Bertz CT molecular complexity index is 82.1. The molecule has 1 aliphatic carbocycles. The summed E-state index contributed by atoms with van der Waals surface area (Å²) in [5.74, 6) is -1.15. The van der Waals surface area contributed by atoms with Gasteiger partial charge in [0.1, 0.15) is 12.3 Å². The third-order valence-corrected chi connectivity index (χ3v) is 1.92. The summed E-state index contributed by atoms with van der Waals surface area (Å²) in [6.07, 6.45) is -8.51. The van der Waals surface area contributed by atoms with Gasteiger partial charge in [0.05, 0.1) is 0 Å². The standard InChI is InChI=1S/C6H8F4/c1-2-3(7)5(9)6(10)4(2)8/h2-6H,1H3. The zero-order valence-electron chi connectivity index (χ0n) is 5.40. The molecule has 4 unspecified atom stereocenters. The molecule has 0 radical (unpaired) electrons. The van der Waals surface area contributed by atoms with Crippen LogP contribution in [0.3, 0.4) is 0 Å². The first-order chi connectivity index (χ1) is 4.55. The first-order valence-corrected chi connectivity index (χ1v) is 3.12. The van der Waals surface area contributed by atoms with Crippen LogP contribution in [0.25, 0.3) is 0 Å². The Morgan fingerprint density at radius 2 is 1.00 bits per heavy atom. The molecule has 0 aromatic rings. The van der Waals surface area contributed by atoms with E-state index in [0.29, 0.717) is 0 Å². The van der Waals surface area contributed by atoms with Crippen molar-refractivity contribution in [3.8, 4) is 0 Å². The Morgan fingerprint density at radius 1 is 0.700 bits per heavy atom. The molecule has 0 aromatic heterocycles. The molecule has 1 aliphatic rings. The zero-order chi connectivity index (χ0) is 7.89. The summed E-state index contributed by atoms with van der Waals surface area (Å²) in [5.41, 5.74) is 0. The third kappa shape index (κ3) is 0.896. The van der Waals surface area contributed by atoms with Gasteiger partial charge in [-0.05, 0) is 0 Å². The molecule has 0 bridgehead atoms. The van der Waals surface area contributed by atoms with Crippen molar-refractivity contribution in [3.05, 3.63) is 0 Å². The summed E-state index contributed by atoms with van der Waals surface area (Å²) in [6, 6.07) is 0. The highest BCUT2D eigenvalue weighted by Crippen LogP contribution is 2.35. The topological polar surface area (TPSA) is 0 Å². The van der Waals surface area contributed by atoms with Gasteiger partial charge in [-0.15, -0.1) is 0 Å². The van der Waals surface area contributed by atoms with Crippen LogP contribution in [-0.4, -0.2) is 24.7 Å². The summed E-state index contributed by atoms with van der Waals surface area (Å²) in [4.78, 5) is 0. The summed E-state index contributed by atoms with van der Waals surface area (Å²) in [6.45, 7) is 1.17. The van der Waals surface area contributed by atoms with Crippen molar-refractivity contribution in [2.75, 3.05) is 0 Å². The maximum atomic E-state index is 12.4. The maximum absolute atomic E-state index is 12.4. The Morgan fingerprint density at radius 3 is 1.10 bits per heavy atom. The Hall–Kier alpha value is -0.280. The lowest BCUT2D eigenvalue weighted by Crippen LogP contribution is -2.20. The van der Waals surface area contributed by atoms with Gasteiger partial charge in [0.25, 0.3) is 0 Å². The van der Waals surface area contributed by atoms with Crippen molar-refractivity contribution in [3.63, 3.8) is 0 Å². The highest BCUT2D eigenvalue weighted by molar-refractivity contribution is 4.97. The Labute approximate surface area is 56.2 Å². The van der Waals surface area contributed by atoms with E-state index >= 15 is 0 Å². The molecule has 0 aromatic carbocycles. The maximum Gasteiger partial charge on any atom is 0.165 e. The van der Waals surface area contributed by atoms with Gasteiger partial charge in [-0.25, -0.2) is 17.6 Å². The second-order valence-corrected chi connectivity index (χ2v) is 2.64. The highest BCUT2D eigenvalue weighted by atomic mass is 19.2. The van der Waals surface area contributed by atoms with Crippen LogP contribution in [0.4, 0.5) is 17.6 Å². The van der Waals surface area contributed by atoms with Gasteiger partial charge in [0.15, 0.2) is 12.3 Å². The van der Waals surface area contributed by atoms with Gasteiger partial charge in [-0.2, -0.15) is 0 Å². The lowest BCUT2D eigenvalue weighted by atomic mass is 10.1. The molecule has 4 atom stereocenters. The normalized spacial score (nSPS) is 55.5. The lowest BCUT2D eigenvalue weighted by Gasteiger charge is -2.05. The van der Waals surface area contributed by atoms with Crippen LogP contribution in [0.15, 0.2) is 0 Å². The molecule has 60 valence electrons. The van der Waals surface area contributed by atoms with E-state index in [4.69, 9.17) is 0 Å². The quantitative estimate of drug-likeness (QED) is 0.470. The number of halogens is 4. The first kappa shape index (κ1) is 7.82. The van der Waals surface area contributed by atoms with E-state index in [0.717, 1.165) is 0 Å². The number of rotatable bonds is 0. The van der Waals surface area contributed by atoms with Gasteiger partial charge in [0.2, 0.25) is 0 Å². The average Bonchev–Trinajstić information content (AvgIpc) is 2.07. The molecule has 1 fully saturated rings. The fraction of sp³-hybridized carbons (Fsp3) is 1.00. The molecular weight excluding hydrogens is 148 g/mol. The summed E-state index contributed by atoms with van der Waals surface area (Å²) in [5, 5.41) is 0. The van der Waals surface area contributed by atoms with Crippen LogP contribution in [0.5, 0.6) is 0 Å². The van der Waals surface area contributed by atoms with Crippen molar-refractivity contribution in [1.29, 1.82) is 0 Å². The number of hydrogen-bond donors (Lipinski definition) is 0. The van der Waals surface area contributed by atoms with E-state index in [2.05, 4.69) is 0 Å². The van der Waals surface area contributed by atoms with Crippen molar-refractivity contribution in [2.24, 2.45) is 5.92 Å². The fourth-order valence-corrected chi connectivity index (χ4v) is 1.11. The number of alkyl halides is 4. The molecule has 0 nitrogen and oxygen atoms in total. The van der Waals surface area contributed by atoms with Crippen LogP contribution in [0.1, 0.15) is 6.92 Å². The van der Waals surface area contributed by atoms with E-state index in [-0.39, 0.29) is 0 Å². The van der Waals surface area contributed by atoms with E-state index in [1.807, 2.05) is 0 Å². The molecule has 0 heterocycles. The first-order valence-electron chi connectivity index (χ1n) is 3.12. The Balaban J connectivity index is 2.68. The molecule has 0 spiro atoms. The molecule has 10 heavy (non-hydrogen) atoms. The minimum Gasteiger partial charge on any atom is -0.244 e. The SMILES string of the molecule is CC1C(F)C(F)C(F)C1F. The monoisotopic (exact) mass is 156 g/mol. The van der Waals surface area contributed by atoms with Gasteiger partial charge < -0.3 is 0 Å². The van der Waals surface area contributed by atoms with E-state index in [1.54, 1.807) is 0 Å². The van der Waals surface area contributed by atoms with Gasteiger partial charge in [0, 0.05) is 5.92 Å². The molecule has 4 heteroatoms. The van der Waals surface area contributed by atoms with E-state index < -0.39 is 30.6 Å². The van der Waals surface area contributed by atoms with Gasteiger partial charge in [-0.1, -0.05) is 6.92 Å². The second-order valence-electron chi connectivity index (χ2n) is 2.64. The zero-order valence-corrected chi connectivity index (χ0v) is 5.40. The van der Waals surface area contributed by atoms with Crippen LogP contribution in [-0.2, 0) is 0 Å². The largest absolute Gasteiger partial charge is 0.244 e. The molecule has 1 saturated carbocycles. The summed E-state index contributed by atoms with van der Waals surface area (Å²) < 4.78 is 49.2. The summed E-state index contributed by atoms with van der Waals surface area (Å²) >= 11 is 0. The van der Waals surface area contributed by atoms with Crippen molar-refractivity contribution >= 4 is 0 Å². The van der Waals surface area contributed by atoms with Crippen molar-refractivity contribution < 1.29 is 17.6 Å². The van der Waals surface area contributed by atoms with Crippen LogP contribution in [0, 0.1) is 5.92 Å². The molecule has 1 rings (SSSR count). The molecule has 0 saturated heterocycles. The Kier molecular flexibility index (Phi) is 1.88. The van der Waals surface area contributed by atoms with Crippen LogP contribution >= 0.6 is 0 Å². The van der Waals surface area contributed by atoms with Gasteiger partial charge in [-0.3, -0.25) is 0 Å². The lowest BCUT2D eigenvalue weighted by molar-refractivity contribution is 0.111. The minimum atomic E-state index is -2.27. The van der Waals surface area contributed by atoms with Crippen LogP contribution in [0.2, 0.25) is 0 Å². The predicted molar refractivity (Wildman–Crippen MR) is 28.7 cm³/mol. The summed E-state index contributed by atoms with van der Waals surface area (Å²) in [7, 11) is 0. The third-order valence-electron chi connectivity index (χ3n) is 1.92. The minimum absolute atomic E-state index is 1.15. The molecular formula is C6H8F4. The van der Waals surface area contributed by atoms with E-state index in [9.17, 15) is 17.6 Å². The number of hydrogen-bond acceptors (Lipinski definition) is 0.